The zero-order chi connectivity index (χ0) is 22.0. The summed E-state index contributed by atoms with van der Waals surface area (Å²) in [4.78, 5) is 28.9. The third-order valence-electron chi connectivity index (χ3n) is 4.47. The number of carbonyl (C=O) groups is 1. The van der Waals surface area contributed by atoms with Crippen LogP contribution in [0.4, 0.5) is 10.8 Å². The van der Waals surface area contributed by atoms with Gasteiger partial charge < -0.3 is 9.26 Å². The Kier molecular flexibility index (Phi) is 5.78. The van der Waals surface area contributed by atoms with Crippen LogP contribution in [0.2, 0.25) is 0 Å². The summed E-state index contributed by atoms with van der Waals surface area (Å²) < 4.78 is 10.7. The van der Waals surface area contributed by atoms with Crippen LogP contribution < -0.4 is 10.1 Å². The molecule has 0 aliphatic heterocycles. The van der Waals surface area contributed by atoms with Crippen LogP contribution in [0.5, 0.6) is 5.75 Å². The summed E-state index contributed by atoms with van der Waals surface area (Å²) in [6, 6.07) is 7.93. The topological polar surface area (TPSA) is 120 Å². The van der Waals surface area contributed by atoms with Crippen molar-refractivity contribution >= 4 is 39.4 Å². The van der Waals surface area contributed by atoms with E-state index in [0.717, 1.165) is 16.1 Å². The summed E-state index contributed by atoms with van der Waals surface area (Å²) in [7, 11) is 0. The van der Waals surface area contributed by atoms with Crippen LogP contribution in [-0.4, -0.2) is 21.0 Å². The highest BCUT2D eigenvalue weighted by molar-refractivity contribution is 7.16. The minimum absolute atomic E-state index is 0.0516. The molecule has 9 nitrogen and oxygen atoms in total. The highest BCUT2D eigenvalue weighted by atomic mass is 32.1. The second kappa shape index (κ2) is 8.66. The summed E-state index contributed by atoms with van der Waals surface area (Å²) in [5.74, 6) is 0.143. The third-order valence-corrected chi connectivity index (χ3v) is 6.12. The Hall–Kier alpha value is -3.57. The molecule has 158 valence electrons. The van der Waals surface area contributed by atoms with Gasteiger partial charge in [0.05, 0.1) is 26.8 Å². The highest BCUT2D eigenvalue weighted by Gasteiger charge is 2.21. The van der Waals surface area contributed by atoms with Gasteiger partial charge in [-0.3, -0.25) is 20.2 Å². The maximum absolute atomic E-state index is 12.6. The van der Waals surface area contributed by atoms with Crippen molar-refractivity contribution in [1.82, 2.24) is 10.1 Å². The van der Waals surface area contributed by atoms with Crippen molar-refractivity contribution in [2.75, 3.05) is 5.32 Å². The van der Waals surface area contributed by atoms with Crippen molar-refractivity contribution in [3.05, 3.63) is 73.8 Å². The van der Waals surface area contributed by atoms with Gasteiger partial charge in [-0.15, -0.1) is 22.7 Å². The number of hydrogen-bond donors (Lipinski definition) is 1. The molecule has 0 bridgehead atoms. The monoisotopic (exact) mass is 456 g/mol. The molecule has 3 aromatic heterocycles. The van der Waals surface area contributed by atoms with E-state index in [9.17, 15) is 14.9 Å². The van der Waals surface area contributed by atoms with Crippen LogP contribution in [0.3, 0.4) is 0 Å². The van der Waals surface area contributed by atoms with E-state index in [0.29, 0.717) is 16.6 Å². The van der Waals surface area contributed by atoms with Crippen LogP contribution in [0.15, 0.2) is 45.6 Å². The fourth-order valence-corrected chi connectivity index (χ4v) is 4.29. The molecule has 11 heteroatoms. The Morgan fingerprint density at radius 3 is 2.81 bits per heavy atom. The number of thiazole rings is 1. The second-order valence-electron chi connectivity index (χ2n) is 6.50. The summed E-state index contributed by atoms with van der Waals surface area (Å²) in [5, 5.41) is 22.3. The number of ether oxygens (including phenoxy) is 1. The van der Waals surface area contributed by atoms with Gasteiger partial charge in [-0.2, -0.15) is 0 Å². The first-order valence-corrected chi connectivity index (χ1v) is 10.8. The Labute approximate surface area is 184 Å². The highest BCUT2D eigenvalue weighted by Crippen LogP contribution is 2.31. The molecular formula is C20H16N4O5S2. The van der Waals surface area contributed by atoms with E-state index in [-0.39, 0.29) is 23.6 Å². The van der Waals surface area contributed by atoms with E-state index in [4.69, 9.17) is 9.26 Å². The number of hydrogen-bond acceptors (Lipinski definition) is 9. The van der Waals surface area contributed by atoms with Gasteiger partial charge in [-0.05, 0) is 37.4 Å². The van der Waals surface area contributed by atoms with Crippen LogP contribution in [-0.2, 0) is 6.61 Å². The minimum atomic E-state index is -0.586. The number of nitrogens with one attached hydrogen (secondary N) is 1. The van der Waals surface area contributed by atoms with Crippen LogP contribution in [0, 0.1) is 24.0 Å². The number of benzene rings is 1. The molecule has 4 aromatic rings. The smallest absolute Gasteiger partial charge is 0.311 e. The first kappa shape index (κ1) is 20.7. The van der Waals surface area contributed by atoms with Gasteiger partial charge in [0.25, 0.3) is 5.91 Å². The van der Waals surface area contributed by atoms with Gasteiger partial charge in [0, 0.05) is 17.0 Å². The first-order valence-electron chi connectivity index (χ1n) is 9.06. The van der Waals surface area contributed by atoms with Crippen LogP contribution >= 0.6 is 22.7 Å². The number of amides is 1. The molecule has 0 radical (unpaired) electrons. The average Bonchev–Trinajstić information content (AvgIpc) is 3.49. The second-order valence-corrected chi connectivity index (χ2v) is 8.31. The van der Waals surface area contributed by atoms with Gasteiger partial charge in [-0.25, -0.2) is 4.98 Å². The molecule has 1 amide bonds. The molecule has 4 rings (SSSR count). The largest absolute Gasteiger partial charge is 0.482 e. The van der Waals surface area contributed by atoms with Crippen molar-refractivity contribution < 1.29 is 19.0 Å². The molecule has 31 heavy (non-hydrogen) atoms. The van der Waals surface area contributed by atoms with Crippen LogP contribution in [0.1, 0.15) is 27.4 Å². The van der Waals surface area contributed by atoms with Gasteiger partial charge >= 0.3 is 5.69 Å². The molecule has 1 N–H and O–H groups in total. The van der Waals surface area contributed by atoms with E-state index in [1.807, 2.05) is 22.9 Å². The lowest BCUT2D eigenvalue weighted by molar-refractivity contribution is -0.386. The lowest BCUT2D eigenvalue weighted by Gasteiger charge is -2.08. The number of aryl methyl sites for hydroxylation is 2. The van der Waals surface area contributed by atoms with Crippen LogP contribution in [0.25, 0.3) is 10.6 Å². The fraction of sp³-hybridized carbons (Fsp3) is 0.150. The predicted octanol–water partition coefficient (Wildman–Crippen LogP) is 5.22. The molecule has 0 aliphatic carbocycles. The zero-order valence-electron chi connectivity index (χ0n) is 16.4. The number of rotatable bonds is 7. The molecule has 0 unspecified atom stereocenters. The standard InChI is InChI=1S/C20H16N4O5S2/c1-11-14(12(2)29-23-11)9-28-17-6-5-13(8-16(17)24(26)27)19(25)22-20-21-15(10-31-20)18-4-3-7-30-18/h3-8,10H,9H2,1-2H3,(H,21,22,25). The number of aromatic nitrogens is 2. The fourth-order valence-electron chi connectivity index (χ4n) is 2.82. The number of carbonyl (C=O) groups excluding carboxylic acids is 1. The molecule has 0 aliphatic rings. The van der Waals surface area contributed by atoms with E-state index in [1.54, 1.807) is 25.2 Å². The summed E-state index contributed by atoms with van der Waals surface area (Å²) >= 11 is 2.83. The molecule has 1 aromatic carbocycles. The van der Waals surface area contributed by atoms with E-state index < -0.39 is 10.8 Å². The quantitative estimate of drug-likeness (QED) is 0.299. The number of nitrogens with zero attached hydrogens (tertiary/aromatic N) is 3. The Morgan fingerprint density at radius 2 is 2.13 bits per heavy atom. The molecule has 0 atom stereocenters. The first-order chi connectivity index (χ1) is 14.9. The van der Waals surface area contributed by atoms with E-state index in [2.05, 4.69) is 15.5 Å². The average molecular weight is 457 g/mol. The Balaban J connectivity index is 1.50. The van der Waals surface area contributed by atoms with E-state index in [1.165, 1.54) is 29.5 Å². The maximum Gasteiger partial charge on any atom is 0.311 e. The predicted molar refractivity (Wildman–Crippen MR) is 117 cm³/mol. The lowest BCUT2D eigenvalue weighted by atomic mass is 10.1. The molecular weight excluding hydrogens is 440 g/mol. The SMILES string of the molecule is Cc1noc(C)c1COc1ccc(C(=O)Nc2nc(-c3cccs3)cs2)cc1[N+](=O)[O-]. The van der Waals surface area contributed by atoms with Gasteiger partial charge in [0.15, 0.2) is 10.9 Å². The Morgan fingerprint density at radius 1 is 1.29 bits per heavy atom. The number of thiophene rings is 1. The minimum Gasteiger partial charge on any atom is -0.482 e. The van der Waals surface area contributed by atoms with Crippen molar-refractivity contribution in [3.63, 3.8) is 0 Å². The molecule has 0 saturated carbocycles. The van der Waals surface area contributed by atoms with Crippen molar-refractivity contribution in [3.8, 4) is 16.3 Å². The summed E-state index contributed by atoms with van der Waals surface area (Å²) in [5.41, 5.74) is 1.97. The van der Waals surface area contributed by atoms with Crippen molar-refractivity contribution in [1.29, 1.82) is 0 Å². The van der Waals surface area contributed by atoms with Gasteiger partial charge in [0.2, 0.25) is 0 Å². The van der Waals surface area contributed by atoms with Crippen molar-refractivity contribution in [2.45, 2.75) is 20.5 Å². The zero-order valence-corrected chi connectivity index (χ0v) is 18.1. The molecule has 0 fully saturated rings. The number of nitro groups is 1. The summed E-state index contributed by atoms with van der Waals surface area (Å²) in [6.07, 6.45) is 0. The lowest BCUT2D eigenvalue weighted by Crippen LogP contribution is -2.12. The van der Waals surface area contributed by atoms with E-state index >= 15 is 0 Å². The number of anilines is 1. The normalized spacial score (nSPS) is 10.8. The van der Waals surface area contributed by atoms with Gasteiger partial charge in [0.1, 0.15) is 12.4 Å². The third kappa shape index (κ3) is 4.47. The molecule has 0 saturated heterocycles. The van der Waals surface area contributed by atoms with Crippen molar-refractivity contribution in [2.24, 2.45) is 0 Å². The van der Waals surface area contributed by atoms with Gasteiger partial charge in [-0.1, -0.05) is 11.2 Å². The summed E-state index contributed by atoms with van der Waals surface area (Å²) in [6.45, 7) is 3.57. The molecule has 0 spiro atoms. The maximum atomic E-state index is 12.6. The molecule has 3 heterocycles. The number of nitro benzene ring substituents is 1. The Bertz CT molecular complexity index is 1230.